The van der Waals surface area contributed by atoms with Crippen molar-refractivity contribution >= 4 is 38.7 Å². The van der Waals surface area contributed by atoms with Crippen LogP contribution in [-0.4, -0.2) is 0 Å². The van der Waals surface area contributed by atoms with Gasteiger partial charge in [0.2, 0.25) is 0 Å². The van der Waals surface area contributed by atoms with Crippen molar-refractivity contribution in [2.45, 2.75) is 112 Å². The molecule has 0 unspecified atom stereocenters. The van der Waals surface area contributed by atoms with Gasteiger partial charge in [-0.05, 0) is 143 Å². The maximum absolute atomic E-state index is 6.02. The zero-order valence-electron chi connectivity index (χ0n) is 40.9. The van der Waals surface area contributed by atoms with E-state index in [1.54, 1.807) is 0 Å². The third-order valence-electron chi connectivity index (χ3n) is 14.0. The molecule has 66 heavy (non-hydrogen) atoms. The topological polar surface area (TPSA) is 13.1 Å². The molecule has 0 radical (unpaired) electrons. The van der Waals surface area contributed by atoms with Crippen LogP contribution in [0, 0.1) is 6.92 Å². The smallest absolute Gasteiger partial charge is 0.135 e. The van der Waals surface area contributed by atoms with Crippen molar-refractivity contribution < 1.29 is 4.42 Å². The molecule has 0 atom stereocenters. The molecule has 0 N–H and O–H groups in total. The first kappa shape index (κ1) is 46.1. The van der Waals surface area contributed by atoms with Gasteiger partial charge in [-0.2, -0.15) is 0 Å². The van der Waals surface area contributed by atoms with Crippen LogP contribution in [0.1, 0.15) is 138 Å². The molecule has 0 saturated carbocycles. The molecule has 1 aromatic heterocycles. The summed E-state index contributed by atoms with van der Waals surface area (Å²) in [6, 6.07) is 51.1. The van der Waals surface area contributed by atoms with E-state index in [9.17, 15) is 0 Å². The highest BCUT2D eigenvalue weighted by molar-refractivity contribution is 6.06. The first-order chi connectivity index (χ1) is 32.3. The highest BCUT2D eigenvalue weighted by Gasteiger charge is 2.48. The van der Waals surface area contributed by atoms with Gasteiger partial charge in [-0.15, -0.1) is 0 Å². The van der Waals surface area contributed by atoms with Crippen LogP contribution in [0.5, 0.6) is 0 Å². The number of hydrogen-bond acceptors (Lipinski definition) is 1. The van der Waals surface area contributed by atoms with Crippen molar-refractivity contribution in [3.63, 3.8) is 0 Å². The van der Waals surface area contributed by atoms with Crippen LogP contribution in [0.2, 0.25) is 0 Å². The zero-order chi connectivity index (χ0) is 46.4. The molecule has 11 rings (SSSR count). The summed E-state index contributed by atoms with van der Waals surface area (Å²) in [4.78, 5) is 0. The van der Waals surface area contributed by atoms with Gasteiger partial charge in [-0.3, -0.25) is 0 Å². The van der Waals surface area contributed by atoms with Crippen LogP contribution in [0.15, 0.2) is 197 Å². The van der Waals surface area contributed by atoms with Gasteiger partial charge in [0.25, 0.3) is 0 Å². The van der Waals surface area contributed by atoms with Crippen LogP contribution >= 0.6 is 0 Å². The molecule has 1 heterocycles. The summed E-state index contributed by atoms with van der Waals surface area (Å²) in [7, 11) is 0. The van der Waals surface area contributed by atoms with E-state index >= 15 is 0 Å². The summed E-state index contributed by atoms with van der Waals surface area (Å²) in [6.45, 7) is 19.4. The average molecular weight is 865 g/mol. The fourth-order valence-corrected chi connectivity index (χ4v) is 11.0. The monoisotopic (exact) mass is 865 g/mol. The summed E-state index contributed by atoms with van der Waals surface area (Å²) in [6.07, 6.45) is 20.8. The Morgan fingerprint density at radius 2 is 1.29 bits per heavy atom. The Bertz CT molecular complexity index is 3000. The molecule has 7 aromatic rings. The van der Waals surface area contributed by atoms with Crippen LogP contribution in [-0.2, 0) is 17.3 Å². The fraction of sp³-hybridized carbons (Fsp3) is 0.262. The lowest BCUT2D eigenvalue weighted by atomic mass is 9.66. The SMILES string of the molecule is C/C=C1\C(=C/CC)C(C)(C)c2cc(CC3=CC=C(c4ccc5oc6ccccc6c5c4)CC3)ccc21.CC.CC.Cc1ccc2c(c1)C(c1ccccc1)(c1ccccc1)C1=CCCC=C12. The minimum Gasteiger partial charge on any atom is -0.456 e. The van der Waals surface area contributed by atoms with E-state index in [4.69, 9.17) is 4.42 Å². The zero-order valence-corrected chi connectivity index (χ0v) is 40.9. The van der Waals surface area contributed by atoms with Gasteiger partial charge in [-0.1, -0.05) is 217 Å². The third kappa shape index (κ3) is 8.23. The molecule has 4 aliphatic carbocycles. The van der Waals surface area contributed by atoms with Crippen LogP contribution in [0.25, 0.3) is 38.7 Å². The maximum atomic E-state index is 6.02. The Labute approximate surface area is 395 Å². The Morgan fingerprint density at radius 1 is 0.621 bits per heavy atom. The third-order valence-corrected chi connectivity index (χ3v) is 14.0. The Balaban J connectivity index is 0.000000174. The minimum atomic E-state index is -0.212. The summed E-state index contributed by atoms with van der Waals surface area (Å²) < 4.78 is 6.02. The summed E-state index contributed by atoms with van der Waals surface area (Å²) in [5.41, 5.74) is 22.9. The molecule has 1 nitrogen and oxygen atoms in total. The van der Waals surface area contributed by atoms with Gasteiger partial charge in [0, 0.05) is 16.2 Å². The van der Waals surface area contributed by atoms with Crippen LogP contribution in [0.3, 0.4) is 0 Å². The van der Waals surface area contributed by atoms with Gasteiger partial charge in [0.05, 0.1) is 5.41 Å². The van der Waals surface area contributed by atoms with E-state index in [0.29, 0.717) is 0 Å². The van der Waals surface area contributed by atoms with E-state index in [0.717, 1.165) is 49.7 Å². The molecule has 1 heteroatoms. The van der Waals surface area contributed by atoms with Crippen molar-refractivity contribution in [1.82, 2.24) is 0 Å². The second kappa shape index (κ2) is 20.0. The van der Waals surface area contributed by atoms with Gasteiger partial charge >= 0.3 is 0 Å². The number of aryl methyl sites for hydroxylation is 1. The van der Waals surface area contributed by atoms with Gasteiger partial charge in [-0.25, -0.2) is 0 Å². The molecule has 4 aliphatic rings. The highest BCUT2D eigenvalue weighted by Crippen LogP contribution is 2.58. The molecule has 0 spiro atoms. The minimum absolute atomic E-state index is 0.0626. The van der Waals surface area contributed by atoms with Crippen molar-refractivity contribution in [3.05, 3.63) is 243 Å². The molecular formula is C65H68O. The van der Waals surface area contributed by atoms with Crippen molar-refractivity contribution in [3.8, 4) is 0 Å². The highest BCUT2D eigenvalue weighted by atomic mass is 16.3. The molecule has 0 bridgehead atoms. The molecule has 0 aliphatic heterocycles. The molecule has 0 amide bonds. The van der Waals surface area contributed by atoms with Gasteiger partial charge in [0.1, 0.15) is 11.2 Å². The quantitative estimate of drug-likeness (QED) is 0.162. The van der Waals surface area contributed by atoms with E-state index in [2.05, 4.69) is 198 Å². The summed E-state index contributed by atoms with van der Waals surface area (Å²) in [5.74, 6) is 0. The van der Waals surface area contributed by atoms with Crippen molar-refractivity contribution in [1.29, 1.82) is 0 Å². The lowest BCUT2D eigenvalue weighted by Crippen LogP contribution is -2.29. The standard InChI is InChI=1S/C35H34O.C26H22.2C2H6/c1-5-9-31-27(6-2)28-18-14-24(21-32(28)35(31,3)4)20-23-12-15-25(16-13-23)26-17-19-34-30(22-26)29-10-7-8-11-33(29)36-34;1-19-16-17-23-22-14-8-9-15-24(22)26(25(23)18-19,20-10-4-2-5-11-20)21-12-6-3-7-13-21;2*1-2/h6-12,14-15,17-19,21-22H,5,13,16,20H2,1-4H3;2-7,10-18H,8-9H2,1H3;2*1-2H3/b27-6-,31-9+;;;. The number of para-hydroxylation sites is 1. The number of allylic oxidation sites excluding steroid dienone is 12. The number of fused-ring (bicyclic) bond motifs is 7. The van der Waals surface area contributed by atoms with Gasteiger partial charge in [0.15, 0.2) is 0 Å². The number of rotatable bonds is 6. The fourth-order valence-electron chi connectivity index (χ4n) is 11.0. The van der Waals surface area contributed by atoms with Gasteiger partial charge < -0.3 is 4.42 Å². The Morgan fingerprint density at radius 3 is 1.97 bits per heavy atom. The largest absolute Gasteiger partial charge is 0.456 e. The first-order valence-electron chi connectivity index (χ1n) is 24.8. The average Bonchev–Trinajstić information content (AvgIpc) is 3.96. The lowest BCUT2D eigenvalue weighted by Gasteiger charge is -2.35. The normalized spacial score (nSPS) is 17.4. The predicted octanol–water partition coefficient (Wildman–Crippen LogP) is 18.5. The first-order valence-corrected chi connectivity index (χ1v) is 24.8. The van der Waals surface area contributed by atoms with Crippen molar-refractivity contribution in [2.24, 2.45) is 0 Å². The second-order valence-corrected chi connectivity index (χ2v) is 18.1. The van der Waals surface area contributed by atoms with Crippen LogP contribution < -0.4 is 0 Å². The lowest BCUT2D eigenvalue weighted by molar-refractivity contribution is 0.656. The molecule has 0 saturated heterocycles. The predicted molar refractivity (Wildman–Crippen MR) is 286 cm³/mol. The molecule has 0 fully saturated rings. The molecule has 334 valence electrons. The summed E-state index contributed by atoms with van der Waals surface area (Å²) in [5, 5.41) is 2.40. The van der Waals surface area contributed by atoms with E-state index in [1.165, 1.54) is 94.3 Å². The van der Waals surface area contributed by atoms with Crippen LogP contribution in [0.4, 0.5) is 0 Å². The maximum Gasteiger partial charge on any atom is 0.135 e. The van der Waals surface area contributed by atoms with Crippen molar-refractivity contribution in [2.75, 3.05) is 0 Å². The van der Waals surface area contributed by atoms with E-state index in [-0.39, 0.29) is 10.8 Å². The molecule has 6 aromatic carbocycles. The number of hydrogen-bond donors (Lipinski definition) is 0. The Hall–Kier alpha value is -6.44. The summed E-state index contributed by atoms with van der Waals surface area (Å²) >= 11 is 0. The van der Waals surface area contributed by atoms with E-state index in [1.807, 2.05) is 39.8 Å². The Kier molecular flexibility index (Phi) is 14.0. The molecular weight excluding hydrogens is 797 g/mol. The second-order valence-electron chi connectivity index (χ2n) is 18.1. The number of furan rings is 1. The van der Waals surface area contributed by atoms with E-state index < -0.39 is 0 Å². The number of benzene rings is 6.